The van der Waals surface area contributed by atoms with Crippen LogP contribution in [0.5, 0.6) is 0 Å². The zero-order chi connectivity index (χ0) is 14.9. The van der Waals surface area contributed by atoms with Crippen molar-refractivity contribution in [2.45, 2.75) is 26.2 Å². The summed E-state index contributed by atoms with van der Waals surface area (Å²) in [7, 11) is 0. The van der Waals surface area contributed by atoms with Gasteiger partial charge in [0.25, 0.3) is 0 Å². The van der Waals surface area contributed by atoms with Crippen LogP contribution in [-0.4, -0.2) is 15.4 Å². The molecule has 0 atom stereocenters. The summed E-state index contributed by atoms with van der Waals surface area (Å²) in [4.78, 5) is 12.6. The van der Waals surface area contributed by atoms with Crippen LogP contribution < -0.4 is 0 Å². The molecule has 1 heterocycles. The summed E-state index contributed by atoms with van der Waals surface area (Å²) in [5, 5.41) is 3.89. The molecule has 0 radical (unpaired) electrons. The number of rotatable bonds is 4. The number of carbonyl (C=O) groups excluding carboxylic acids is 1. The largest absolute Gasteiger partial charge is 0.293 e. The van der Waals surface area contributed by atoms with Gasteiger partial charge in [-0.05, 0) is 45.5 Å². The van der Waals surface area contributed by atoms with Crippen molar-refractivity contribution in [3.8, 4) is 0 Å². The highest BCUT2D eigenvalue weighted by Crippen LogP contribution is 2.25. The molecule has 2 rings (SSSR count). The molecule has 0 unspecified atom stereocenters. The van der Waals surface area contributed by atoms with E-state index in [-0.39, 0.29) is 28.2 Å². The van der Waals surface area contributed by atoms with Crippen LogP contribution in [0.15, 0.2) is 16.6 Å². The van der Waals surface area contributed by atoms with Crippen LogP contribution in [0.4, 0.5) is 8.78 Å². The van der Waals surface area contributed by atoms with E-state index >= 15 is 0 Å². The van der Waals surface area contributed by atoms with E-state index in [1.807, 2.05) is 13.8 Å². The number of carbonyl (C=O) groups is 1. The average Bonchev–Trinajstić information content (AvgIpc) is 2.88. The molecule has 0 amide bonds. The second-order valence-corrected chi connectivity index (χ2v) is 6.17. The van der Waals surface area contributed by atoms with E-state index < -0.39 is 11.6 Å². The Kier molecular flexibility index (Phi) is 4.59. The quantitative estimate of drug-likeness (QED) is 0.608. The summed E-state index contributed by atoms with van der Waals surface area (Å²) in [5.74, 6) is -1.82. The molecule has 3 nitrogen and oxygen atoms in total. The summed E-state index contributed by atoms with van der Waals surface area (Å²) in [6.45, 7) is 3.77. The summed E-state index contributed by atoms with van der Waals surface area (Å²) in [6.07, 6.45) is -0.347. The predicted octanol–water partition coefficient (Wildman–Crippen LogP) is 4.13. The molecule has 0 fully saturated rings. The molecule has 0 bridgehead atoms. The highest BCUT2D eigenvalue weighted by Gasteiger charge is 2.22. The normalized spacial score (nSPS) is 11.1. The number of nitrogens with zero attached hydrogens (tertiary/aromatic N) is 2. The molecule has 0 aliphatic carbocycles. The zero-order valence-corrected chi connectivity index (χ0v) is 13.2. The highest BCUT2D eigenvalue weighted by atomic mass is 79.9. The molecule has 2 aromatic rings. The molecule has 0 spiro atoms. The van der Waals surface area contributed by atoms with E-state index in [1.165, 1.54) is 6.07 Å². The number of hydrogen-bond acceptors (Lipinski definition) is 4. The molecule has 7 heteroatoms. The molecule has 0 N–H and O–H groups in total. The number of benzene rings is 1. The summed E-state index contributed by atoms with van der Waals surface area (Å²) in [6, 6.07) is 2.40. The molecular weight excluding hydrogens is 350 g/mol. The van der Waals surface area contributed by atoms with Gasteiger partial charge < -0.3 is 0 Å². The second-order valence-electron chi connectivity index (χ2n) is 4.56. The van der Waals surface area contributed by atoms with E-state index in [2.05, 4.69) is 25.5 Å². The lowest BCUT2D eigenvalue weighted by Crippen LogP contribution is -2.09. The third kappa shape index (κ3) is 2.93. The Labute approximate surface area is 127 Å². The first-order valence-electron chi connectivity index (χ1n) is 5.89. The van der Waals surface area contributed by atoms with Crippen LogP contribution in [0.3, 0.4) is 0 Å². The third-order valence-corrected chi connectivity index (χ3v) is 4.18. The number of halogens is 3. The molecule has 1 aromatic carbocycles. The van der Waals surface area contributed by atoms with E-state index in [4.69, 9.17) is 0 Å². The van der Waals surface area contributed by atoms with Crippen LogP contribution in [0.1, 0.15) is 40.7 Å². The summed E-state index contributed by atoms with van der Waals surface area (Å²) in [5.41, 5.74) is 0.322. The van der Waals surface area contributed by atoms with Crippen LogP contribution in [0, 0.1) is 11.6 Å². The fourth-order valence-electron chi connectivity index (χ4n) is 1.74. The van der Waals surface area contributed by atoms with E-state index in [0.717, 1.165) is 17.6 Å². The van der Waals surface area contributed by atoms with Gasteiger partial charge in [0, 0.05) is 12.0 Å². The van der Waals surface area contributed by atoms with E-state index in [0.29, 0.717) is 10.6 Å². The lowest BCUT2D eigenvalue weighted by molar-refractivity contribution is 0.0993. The van der Waals surface area contributed by atoms with Crippen molar-refractivity contribution in [1.29, 1.82) is 0 Å². The first kappa shape index (κ1) is 15.2. The van der Waals surface area contributed by atoms with Gasteiger partial charge in [-0.15, -0.1) is 5.10 Å². The minimum absolute atomic E-state index is 0.0323. The molecule has 20 heavy (non-hydrogen) atoms. The van der Waals surface area contributed by atoms with Crippen molar-refractivity contribution in [3.63, 3.8) is 0 Å². The van der Waals surface area contributed by atoms with Gasteiger partial charge in [-0.3, -0.25) is 4.79 Å². The SMILES string of the molecule is CC(C)c1nnsc1C(=O)Cc1c(F)ccc(Br)c1F. The maximum absolute atomic E-state index is 13.9. The second kappa shape index (κ2) is 6.05. The maximum atomic E-state index is 13.9. The molecule has 0 saturated carbocycles. The Morgan fingerprint density at radius 2 is 2.10 bits per heavy atom. The van der Waals surface area contributed by atoms with Crippen molar-refractivity contribution in [3.05, 3.63) is 44.4 Å². The molecular formula is C13H11BrF2N2OS. The lowest BCUT2D eigenvalue weighted by Gasteiger charge is -2.06. The third-order valence-electron chi connectivity index (χ3n) is 2.79. The number of ketones is 1. The number of hydrogen-bond donors (Lipinski definition) is 0. The first-order chi connectivity index (χ1) is 9.41. The fourth-order valence-corrected chi connectivity index (χ4v) is 2.87. The van der Waals surface area contributed by atoms with Gasteiger partial charge in [-0.1, -0.05) is 18.3 Å². The Morgan fingerprint density at radius 3 is 2.75 bits per heavy atom. The molecule has 1 aromatic heterocycles. The predicted molar refractivity (Wildman–Crippen MR) is 76.1 cm³/mol. The lowest BCUT2D eigenvalue weighted by atomic mass is 10.0. The average molecular weight is 361 g/mol. The van der Waals surface area contributed by atoms with Crippen molar-refractivity contribution < 1.29 is 13.6 Å². The van der Waals surface area contributed by atoms with Crippen LogP contribution in [0.25, 0.3) is 0 Å². The van der Waals surface area contributed by atoms with Crippen LogP contribution in [-0.2, 0) is 6.42 Å². The van der Waals surface area contributed by atoms with Gasteiger partial charge >= 0.3 is 0 Å². The highest BCUT2D eigenvalue weighted by molar-refractivity contribution is 9.10. The Morgan fingerprint density at radius 1 is 1.40 bits per heavy atom. The van der Waals surface area contributed by atoms with Gasteiger partial charge in [-0.25, -0.2) is 8.78 Å². The van der Waals surface area contributed by atoms with Crippen molar-refractivity contribution in [1.82, 2.24) is 9.59 Å². The van der Waals surface area contributed by atoms with Gasteiger partial charge in [-0.2, -0.15) is 0 Å². The fraction of sp³-hybridized carbons (Fsp3) is 0.308. The van der Waals surface area contributed by atoms with Gasteiger partial charge in [0.05, 0.1) is 10.2 Å². The minimum Gasteiger partial charge on any atom is -0.293 e. The Balaban J connectivity index is 2.33. The minimum atomic E-state index is -0.748. The monoisotopic (exact) mass is 360 g/mol. The van der Waals surface area contributed by atoms with Crippen molar-refractivity contribution in [2.24, 2.45) is 0 Å². The smallest absolute Gasteiger partial charge is 0.180 e. The molecule has 0 aliphatic rings. The molecule has 106 valence electrons. The van der Waals surface area contributed by atoms with Gasteiger partial charge in [0.15, 0.2) is 5.78 Å². The van der Waals surface area contributed by atoms with E-state index in [1.54, 1.807) is 0 Å². The van der Waals surface area contributed by atoms with Crippen LogP contribution in [0.2, 0.25) is 0 Å². The van der Waals surface area contributed by atoms with Crippen molar-refractivity contribution in [2.75, 3.05) is 0 Å². The van der Waals surface area contributed by atoms with Crippen molar-refractivity contribution >= 4 is 33.2 Å². The summed E-state index contributed by atoms with van der Waals surface area (Å²) < 4.78 is 31.4. The standard InChI is InChI=1S/C13H11BrF2N2OS/c1-6(2)12-13(20-18-17-12)10(19)5-7-9(15)4-3-8(14)11(7)16/h3-4,6H,5H2,1-2H3. The Bertz CT molecular complexity index is 658. The first-order valence-corrected chi connectivity index (χ1v) is 7.46. The summed E-state index contributed by atoms with van der Waals surface area (Å²) >= 11 is 3.94. The number of aromatic nitrogens is 2. The Hall–Kier alpha value is -1.21. The maximum Gasteiger partial charge on any atom is 0.180 e. The number of Topliss-reactive ketones (excluding diaryl/α,β-unsaturated/α-hetero) is 1. The zero-order valence-electron chi connectivity index (χ0n) is 10.8. The molecule has 0 saturated heterocycles. The molecule has 0 aliphatic heterocycles. The topological polar surface area (TPSA) is 42.9 Å². The van der Waals surface area contributed by atoms with Gasteiger partial charge in [0.2, 0.25) is 0 Å². The van der Waals surface area contributed by atoms with E-state index in [9.17, 15) is 13.6 Å². The van der Waals surface area contributed by atoms with Crippen LogP contribution >= 0.6 is 27.5 Å². The van der Waals surface area contributed by atoms with Gasteiger partial charge in [0.1, 0.15) is 16.5 Å².